The molecule has 0 aliphatic heterocycles. The molecule has 1 heterocycles. The fourth-order valence-electron chi connectivity index (χ4n) is 3.24. The summed E-state index contributed by atoms with van der Waals surface area (Å²) in [4.78, 5) is 12.7. The summed E-state index contributed by atoms with van der Waals surface area (Å²) in [5.41, 5.74) is 3.36. The number of anilines is 1. The second kappa shape index (κ2) is 8.80. The number of amides is 1. The van der Waals surface area contributed by atoms with Crippen LogP contribution in [0.25, 0.3) is 10.9 Å². The van der Waals surface area contributed by atoms with Gasteiger partial charge in [0.2, 0.25) is 0 Å². The smallest absolute Gasteiger partial charge is 0.274 e. The lowest BCUT2D eigenvalue weighted by molar-refractivity contribution is 0.0970. The maximum Gasteiger partial charge on any atom is 0.274 e. The van der Waals surface area contributed by atoms with E-state index in [0.29, 0.717) is 18.1 Å². The Hall–Kier alpha value is -3.64. The number of nitrogens with zero attached hydrogens (tertiary/aromatic N) is 1. The monoisotopic (exact) mass is 415 g/mol. The molecule has 4 rings (SSSR count). The van der Waals surface area contributed by atoms with Crippen molar-refractivity contribution in [1.29, 1.82) is 0 Å². The number of rotatable bonds is 5. The topological polar surface area (TPSA) is 55.3 Å². The number of carbonyl (C=O) groups is 1. The van der Waals surface area contributed by atoms with E-state index in [4.69, 9.17) is 17.0 Å². The molecule has 0 saturated carbocycles. The maximum atomic E-state index is 12.7. The molecule has 0 fully saturated rings. The van der Waals surface area contributed by atoms with Gasteiger partial charge in [-0.25, -0.2) is 0 Å². The van der Waals surface area contributed by atoms with E-state index in [-0.39, 0.29) is 11.0 Å². The molecule has 6 heteroatoms. The molecule has 150 valence electrons. The van der Waals surface area contributed by atoms with Gasteiger partial charge in [-0.1, -0.05) is 54.6 Å². The number of fused-ring (bicyclic) bond motifs is 1. The van der Waals surface area contributed by atoms with E-state index < -0.39 is 0 Å². The summed E-state index contributed by atoms with van der Waals surface area (Å²) >= 11 is 5.33. The van der Waals surface area contributed by atoms with E-state index in [1.54, 1.807) is 0 Å². The largest absolute Gasteiger partial charge is 0.489 e. The molecule has 0 aliphatic carbocycles. The molecule has 0 spiro atoms. The number of para-hydroxylation sites is 1. The molecular weight excluding hydrogens is 394 g/mol. The number of benzene rings is 3. The maximum absolute atomic E-state index is 12.7. The number of thiocarbonyl (C=S) groups is 1. The summed E-state index contributed by atoms with van der Waals surface area (Å²) in [5.74, 6) is 0.453. The zero-order valence-electron chi connectivity index (χ0n) is 16.5. The van der Waals surface area contributed by atoms with Gasteiger partial charge in [0, 0.05) is 29.7 Å². The SMILES string of the molecule is Cn1c(C(=O)NC(=S)Nc2cccc(OCc3ccccc3)c2)cc2ccccc21. The van der Waals surface area contributed by atoms with Crippen molar-refractivity contribution in [2.24, 2.45) is 7.05 Å². The number of ether oxygens (including phenoxy) is 1. The fraction of sp³-hybridized carbons (Fsp3) is 0.0833. The average Bonchev–Trinajstić information content (AvgIpc) is 3.10. The summed E-state index contributed by atoms with van der Waals surface area (Å²) < 4.78 is 7.69. The normalized spacial score (nSPS) is 10.6. The minimum Gasteiger partial charge on any atom is -0.489 e. The molecule has 0 unspecified atom stereocenters. The van der Waals surface area contributed by atoms with Crippen molar-refractivity contribution < 1.29 is 9.53 Å². The Morgan fingerprint density at radius 1 is 0.967 bits per heavy atom. The molecule has 0 radical (unpaired) electrons. The second-order valence-electron chi connectivity index (χ2n) is 6.86. The number of aromatic nitrogens is 1. The Kier molecular flexibility index (Phi) is 5.77. The molecule has 5 nitrogen and oxygen atoms in total. The Labute approximate surface area is 180 Å². The van der Waals surface area contributed by atoms with E-state index in [1.807, 2.05) is 96.5 Å². The lowest BCUT2D eigenvalue weighted by Crippen LogP contribution is -2.35. The molecule has 1 amide bonds. The third-order valence-corrected chi connectivity index (χ3v) is 4.96. The van der Waals surface area contributed by atoms with Gasteiger partial charge in [0.15, 0.2) is 5.11 Å². The number of carbonyl (C=O) groups excluding carboxylic acids is 1. The van der Waals surface area contributed by atoms with Gasteiger partial charge in [0.25, 0.3) is 5.91 Å². The Balaban J connectivity index is 1.38. The van der Waals surface area contributed by atoms with Crippen LogP contribution in [0.2, 0.25) is 0 Å². The molecule has 30 heavy (non-hydrogen) atoms. The Morgan fingerprint density at radius 3 is 2.53 bits per heavy atom. The molecule has 3 aromatic carbocycles. The minimum absolute atomic E-state index is 0.227. The van der Waals surface area contributed by atoms with Crippen molar-refractivity contribution in [3.8, 4) is 5.75 Å². The molecule has 0 aliphatic rings. The van der Waals surface area contributed by atoms with E-state index in [9.17, 15) is 4.79 Å². The Bertz CT molecular complexity index is 1200. The van der Waals surface area contributed by atoms with Crippen LogP contribution in [0.4, 0.5) is 5.69 Å². The quantitative estimate of drug-likeness (QED) is 0.456. The number of hydrogen-bond acceptors (Lipinski definition) is 3. The fourth-order valence-corrected chi connectivity index (χ4v) is 3.45. The molecule has 2 N–H and O–H groups in total. The van der Waals surface area contributed by atoms with Crippen molar-refractivity contribution in [3.63, 3.8) is 0 Å². The van der Waals surface area contributed by atoms with E-state index in [0.717, 1.165) is 22.2 Å². The first-order valence-electron chi connectivity index (χ1n) is 9.54. The molecular formula is C24H21N3O2S. The van der Waals surface area contributed by atoms with Crippen LogP contribution in [0.1, 0.15) is 16.1 Å². The second-order valence-corrected chi connectivity index (χ2v) is 7.27. The van der Waals surface area contributed by atoms with Gasteiger partial charge in [-0.15, -0.1) is 0 Å². The third-order valence-electron chi connectivity index (χ3n) is 4.75. The van der Waals surface area contributed by atoms with E-state index in [1.165, 1.54) is 0 Å². The molecule has 0 bridgehead atoms. The standard InChI is InChI=1S/C24H21N3O2S/c1-27-21-13-6-5-10-18(21)14-22(27)23(28)26-24(30)25-19-11-7-12-20(15-19)29-16-17-8-3-2-4-9-17/h2-15H,16H2,1H3,(H2,25,26,28,30). The van der Waals surface area contributed by atoms with Gasteiger partial charge in [0.05, 0.1) is 0 Å². The summed E-state index contributed by atoms with van der Waals surface area (Å²) in [5, 5.41) is 7.02. The predicted octanol–water partition coefficient (Wildman–Crippen LogP) is 4.88. The lowest BCUT2D eigenvalue weighted by Gasteiger charge is -2.12. The van der Waals surface area contributed by atoms with Crippen molar-refractivity contribution in [2.75, 3.05) is 5.32 Å². The van der Waals surface area contributed by atoms with Gasteiger partial charge in [-0.2, -0.15) is 0 Å². The van der Waals surface area contributed by atoms with Crippen LogP contribution >= 0.6 is 12.2 Å². The summed E-state index contributed by atoms with van der Waals surface area (Å²) in [6, 6.07) is 27.1. The highest BCUT2D eigenvalue weighted by atomic mass is 32.1. The predicted molar refractivity (Wildman–Crippen MR) is 124 cm³/mol. The van der Waals surface area contributed by atoms with Crippen LogP contribution in [0.5, 0.6) is 5.75 Å². The van der Waals surface area contributed by atoms with Gasteiger partial charge >= 0.3 is 0 Å². The van der Waals surface area contributed by atoms with E-state index in [2.05, 4.69) is 10.6 Å². The number of hydrogen-bond donors (Lipinski definition) is 2. The van der Waals surface area contributed by atoms with Gasteiger partial charge in [0.1, 0.15) is 18.1 Å². The minimum atomic E-state index is -0.261. The molecule has 4 aromatic rings. The van der Waals surface area contributed by atoms with Crippen molar-refractivity contribution in [2.45, 2.75) is 6.61 Å². The molecule has 0 atom stereocenters. The molecule has 1 aromatic heterocycles. The van der Waals surface area contributed by atoms with Crippen LogP contribution in [-0.4, -0.2) is 15.6 Å². The average molecular weight is 416 g/mol. The van der Waals surface area contributed by atoms with Crippen LogP contribution in [0, 0.1) is 0 Å². The van der Waals surface area contributed by atoms with Gasteiger partial charge < -0.3 is 14.6 Å². The van der Waals surface area contributed by atoms with Crippen LogP contribution in [0.3, 0.4) is 0 Å². The number of nitrogens with one attached hydrogen (secondary N) is 2. The zero-order chi connectivity index (χ0) is 20.9. The summed E-state index contributed by atoms with van der Waals surface area (Å²) in [6.07, 6.45) is 0. The summed E-state index contributed by atoms with van der Waals surface area (Å²) in [7, 11) is 1.86. The van der Waals surface area contributed by atoms with E-state index >= 15 is 0 Å². The van der Waals surface area contributed by atoms with Gasteiger partial charge in [-0.05, 0) is 42.0 Å². The van der Waals surface area contributed by atoms with Crippen LogP contribution in [0.15, 0.2) is 84.9 Å². The van der Waals surface area contributed by atoms with Crippen LogP contribution in [-0.2, 0) is 13.7 Å². The molecule has 0 saturated heterocycles. The highest BCUT2D eigenvalue weighted by Crippen LogP contribution is 2.20. The van der Waals surface area contributed by atoms with Crippen molar-refractivity contribution in [1.82, 2.24) is 9.88 Å². The first kappa shape index (κ1) is 19.7. The highest BCUT2D eigenvalue weighted by molar-refractivity contribution is 7.80. The van der Waals surface area contributed by atoms with Crippen molar-refractivity contribution >= 4 is 39.8 Å². The summed E-state index contributed by atoms with van der Waals surface area (Å²) in [6.45, 7) is 0.479. The first-order chi connectivity index (χ1) is 14.6. The van der Waals surface area contributed by atoms with Gasteiger partial charge in [-0.3, -0.25) is 10.1 Å². The number of aryl methyl sites for hydroxylation is 1. The lowest BCUT2D eigenvalue weighted by atomic mass is 10.2. The zero-order valence-corrected chi connectivity index (χ0v) is 17.3. The highest BCUT2D eigenvalue weighted by Gasteiger charge is 2.14. The van der Waals surface area contributed by atoms with Crippen molar-refractivity contribution in [3.05, 3.63) is 96.2 Å². The Morgan fingerprint density at radius 2 is 1.73 bits per heavy atom. The van der Waals surface area contributed by atoms with Crippen LogP contribution < -0.4 is 15.4 Å². The third kappa shape index (κ3) is 4.50. The first-order valence-corrected chi connectivity index (χ1v) is 9.94.